The molecule has 0 fully saturated rings. The van der Waals surface area contributed by atoms with Crippen LogP contribution in [0, 0.1) is 5.41 Å². The molecule has 0 aromatic heterocycles. The van der Waals surface area contributed by atoms with Crippen LogP contribution in [0.3, 0.4) is 0 Å². The van der Waals surface area contributed by atoms with Crippen LogP contribution in [0.4, 0.5) is 0 Å². The Bertz CT molecular complexity index is 186. The van der Waals surface area contributed by atoms with Crippen molar-refractivity contribution in [1.29, 1.82) is 0 Å². The average Bonchev–Trinajstić information content (AvgIpc) is 2.50. The zero-order valence-corrected chi connectivity index (χ0v) is 9.48. The quantitative estimate of drug-likeness (QED) is 0.660. The lowest BCUT2D eigenvalue weighted by molar-refractivity contribution is 0.334. The summed E-state index contributed by atoms with van der Waals surface area (Å²) in [4.78, 5) is 0. The third-order valence-electron chi connectivity index (χ3n) is 2.69. The van der Waals surface area contributed by atoms with Gasteiger partial charge in [0.05, 0.1) is 0 Å². The molecule has 0 aliphatic heterocycles. The summed E-state index contributed by atoms with van der Waals surface area (Å²) in [6, 6.07) is 0.613. The lowest BCUT2D eigenvalue weighted by atomic mass is 9.85. The van der Waals surface area contributed by atoms with Gasteiger partial charge in [0.1, 0.15) is 0 Å². The first-order chi connectivity index (χ1) is 6.03. The Morgan fingerprint density at radius 1 is 1.46 bits per heavy atom. The molecule has 13 heavy (non-hydrogen) atoms. The molecular formula is C12H23N. The minimum atomic E-state index is 0.428. The summed E-state index contributed by atoms with van der Waals surface area (Å²) in [5.74, 6) is 0. The monoisotopic (exact) mass is 181 g/mol. The first-order valence-electron chi connectivity index (χ1n) is 5.39. The highest BCUT2D eigenvalue weighted by molar-refractivity contribution is 5.15. The molecule has 76 valence electrons. The number of hydrogen-bond acceptors (Lipinski definition) is 1. The normalized spacial score (nSPS) is 20.2. The molecule has 1 N–H and O–H groups in total. The van der Waals surface area contributed by atoms with E-state index in [1.54, 1.807) is 5.57 Å². The van der Waals surface area contributed by atoms with E-state index in [0.29, 0.717) is 11.5 Å². The molecule has 1 unspecified atom stereocenters. The number of rotatable bonds is 3. The Balaban J connectivity index is 2.52. The molecule has 0 radical (unpaired) electrons. The molecule has 1 rings (SSSR count). The van der Waals surface area contributed by atoms with E-state index in [9.17, 15) is 0 Å². The fourth-order valence-electron chi connectivity index (χ4n) is 2.04. The zero-order valence-electron chi connectivity index (χ0n) is 9.48. The maximum Gasteiger partial charge on any atom is 0.0281 e. The van der Waals surface area contributed by atoms with E-state index in [1.807, 2.05) is 0 Å². The Kier molecular flexibility index (Phi) is 3.55. The van der Waals surface area contributed by atoms with Crippen molar-refractivity contribution < 1.29 is 0 Å². The second kappa shape index (κ2) is 4.28. The fraction of sp³-hybridized carbons (Fsp3) is 0.833. The van der Waals surface area contributed by atoms with E-state index < -0.39 is 0 Å². The first-order valence-corrected chi connectivity index (χ1v) is 5.39. The fourth-order valence-corrected chi connectivity index (χ4v) is 2.04. The highest BCUT2D eigenvalue weighted by atomic mass is 14.9. The summed E-state index contributed by atoms with van der Waals surface area (Å²) < 4.78 is 0. The van der Waals surface area contributed by atoms with Crippen LogP contribution in [-0.2, 0) is 0 Å². The molecule has 0 bridgehead atoms. The van der Waals surface area contributed by atoms with Crippen LogP contribution >= 0.6 is 0 Å². The smallest absolute Gasteiger partial charge is 0.0281 e. The minimum absolute atomic E-state index is 0.428. The number of hydrogen-bond donors (Lipinski definition) is 1. The van der Waals surface area contributed by atoms with E-state index in [0.717, 1.165) is 0 Å². The minimum Gasteiger partial charge on any atom is -0.313 e. The lowest BCUT2D eigenvalue weighted by Gasteiger charge is -2.26. The van der Waals surface area contributed by atoms with Crippen molar-refractivity contribution in [1.82, 2.24) is 5.32 Å². The molecule has 0 amide bonds. The molecule has 0 saturated carbocycles. The summed E-state index contributed by atoms with van der Waals surface area (Å²) >= 11 is 0. The van der Waals surface area contributed by atoms with Gasteiger partial charge in [-0.3, -0.25) is 0 Å². The molecule has 0 heterocycles. The van der Waals surface area contributed by atoms with E-state index in [-0.39, 0.29) is 0 Å². The van der Waals surface area contributed by atoms with Gasteiger partial charge in [0.15, 0.2) is 0 Å². The second-order valence-corrected chi connectivity index (χ2v) is 5.28. The predicted molar refractivity (Wildman–Crippen MR) is 58.9 cm³/mol. The Morgan fingerprint density at radius 2 is 2.15 bits per heavy atom. The number of allylic oxidation sites excluding steroid dienone is 1. The van der Waals surface area contributed by atoms with Gasteiger partial charge in [0, 0.05) is 6.04 Å². The van der Waals surface area contributed by atoms with E-state index >= 15 is 0 Å². The maximum atomic E-state index is 3.43. The van der Waals surface area contributed by atoms with Gasteiger partial charge >= 0.3 is 0 Å². The van der Waals surface area contributed by atoms with Gasteiger partial charge in [-0.25, -0.2) is 0 Å². The third-order valence-corrected chi connectivity index (χ3v) is 2.69. The maximum absolute atomic E-state index is 3.43. The third kappa shape index (κ3) is 3.51. The zero-order chi connectivity index (χ0) is 9.90. The Morgan fingerprint density at radius 3 is 2.54 bits per heavy atom. The SMILES string of the molecule is CNC(CC(C)(C)C)C1=CCCC1. The summed E-state index contributed by atoms with van der Waals surface area (Å²) in [6.07, 6.45) is 7.62. The summed E-state index contributed by atoms with van der Waals surface area (Å²) in [5.41, 5.74) is 2.06. The van der Waals surface area contributed by atoms with Gasteiger partial charge < -0.3 is 5.32 Å². The van der Waals surface area contributed by atoms with Crippen molar-refractivity contribution >= 4 is 0 Å². The van der Waals surface area contributed by atoms with Crippen molar-refractivity contribution in [3.8, 4) is 0 Å². The number of likely N-dealkylation sites (N-methyl/N-ethyl adjacent to an activating group) is 1. The van der Waals surface area contributed by atoms with E-state index in [4.69, 9.17) is 0 Å². The van der Waals surface area contributed by atoms with Crippen molar-refractivity contribution in [2.75, 3.05) is 7.05 Å². The van der Waals surface area contributed by atoms with Gasteiger partial charge in [-0.2, -0.15) is 0 Å². The van der Waals surface area contributed by atoms with Crippen LogP contribution in [-0.4, -0.2) is 13.1 Å². The molecular weight excluding hydrogens is 158 g/mol. The van der Waals surface area contributed by atoms with Gasteiger partial charge in [-0.1, -0.05) is 32.4 Å². The van der Waals surface area contributed by atoms with Crippen LogP contribution in [0.2, 0.25) is 0 Å². The number of nitrogens with one attached hydrogen (secondary N) is 1. The van der Waals surface area contributed by atoms with Gasteiger partial charge in [-0.15, -0.1) is 0 Å². The van der Waals surface area contributed by atoms with E-state index in [1.165, 1.54) is 25.7 Å². The molecule has 0 aromatic carbocycles. The molecule has 1 aliphatic rings. The second-order valence-electron chi connectivity index (χ2n) is 5.28. The Labute approximate surface area is 82.6 Å². The van der Waals surface area contributed by atoms with Crippen LogP contribution in [0.15, 0.2) is 11.6 Å². The van der Waals surface area contributed by atoms with E-state index in [2.05, 4.69) is 39.2 Å². The van der Waals surface area contributed by atoms with Crippen LogP contribution in [0.1, 0.15) is 46.5 Å². The van der Waals surface area contributed by atoms with Crippen LogP contribution in [0.5, 0.6) is 0 Å². The Hall–Kier alpha value is -0.300. The van der Waals surface area contributed by atoms with Crippen molar-refractivity contribution in [3.63, 3.8) is 0 Å². The molecule has 0 spiro atoms. The summed E-state index contributed by atoms with van der Waals surface area (Å²) in [6.45, 7) is 6.94. The molecule has 0 saturated heterocycles. The molecule has 1 nitrogen and oxygen atoms in total. The highest BCUT2D eigenvalue weighted by Crippen LogP contribution is 2.28. The van der Waals surface area contributed by atoms with Gasteiger partial charge in [0.25, 0.3) is 0 Å². The molecule has 1 aliphatic carbocycles. The standard InChI is InChI=1S/C12H23N/c1-12(2,3)9-11(13-4)10-7-5-6-8-10/h7,11,13H,5-6,8-9H2,1-4H3. The molecule has 1 atom stereocenters. The van der Waals surface area contributed by atoms with Crippen LogP contribution < -0.4 is 5.32 Å². The summed E-state index contributed by atoms with van der Waals surface area (Å²) in [7, 11) is 2.08. The topological polar surface area (TPSA) is 12.0 Å². The van der Waals surface area contributed by atoms with Gasteiger partial charge in [-0.05, 0) is 38.1 Å². The molecule has 0 aromatic rings. The van der Waals surface area contributed by atoms with Crippen LogP contribution in [0.25, 0.3) is 0 Å². The largest absolute Gasteiger partial charge is 0.313 e. The van der Waals surface area contributed by atoms with Crippen molar-refractivity contribution in [3.05, 3.63) is 11.6 Å². The van der Waals surface area contributed by atoms with Gasteiger partial charge in [0.2, 0.25) is 0 Å². The van der Waals surface area contributed by atoms with Crippen molar-refractivity contribution in [2.24, 2.45) is 5.41 Å². The lowest BCUT2D eigenvalue weighted by Crippen LogP contribution is -2.31. The summed E-state index contributed by atoms with van der Waals surface area (Å²) in [5, 5.41) is 3.43. The predicted octanol–water partition coefficient (Wildman–Crippen LogP) is 3.12. The first kappa shape index (κ1) is 10.8. The highest BCUT2D eigenvalue weighted by Gasteiger charge is 2.21. The average molecular weight is 181 g/mol. The molecule has 1 heteroatoms. The van der Waals surface area contributed by atoms with Crippen molar-refractivity contribution in [2.45, 2.75) is 52.5 Å².